The van der Waals surface area contributed by atoms with Crippen LogP contribution in [-0.4, -0.2) is 65.8 Å². The topological polar surface area (TPSA) is 43.9 Å². The molecule has 0 bridgehead atoms. The van der Waals surface area contributed by atoms with Crippen molar-refractivity contribution in [2.75, 3.05) is 39.3 Å². The minimum Gasteiger partial charge on any atom is -0.340 e. The molecule has 1 aromatic heterocycles. The van der Waals surface area contributed by atoms with Gasteiger partial charge in [-0.3, -0.25) is 14.5 Å². The highest BCUT2D eigenvalue weighted by molar-refractivity contribution is 7.10. The van der Waals surface area contributed by atoms with E-state index in [2.05, 4.69) is 22.4 Å². The molecule has 2 saturated heterocycles. The van der Waals surface area contributed by atoms with Gasteiger partial charge in [-0.25, -0.2) is 0 Å². The van der Waals surface area contributed by atoms with E-state index in [4.69, 9.17) is 0 Å². The third-order valence-corrected chi connectivity index (χ3v) is 5.59. The Hall–Kier alpha value is -1.40. The fourth-order valence-electron chi connectivity index (χ4n) is 3.34. The number of rotatable bonds is 3. The SMILES string of the molecule is CC(=O)N1CCN(CC(=O)N2CCC[C@@H]2c2cccs2)CC1. The standard InChI is InChI=1S/C16H23N3O2S/c1-13(20)18-9-7-17(8-10-18)12-16(21)19-6-2-4-14(19)15-5-3-11-22-15/h3,5,11,14H,2,4,6-10,12H2,1H3/t14-/m1/s1. The molecule has 1 aromatic rings. The molecule has 0 aromatic carbocycles. The normalized spacial score (nSPS) is 23.0. The van der Waals surface area contributed by atoms with E-state index in [0.717, 1.165) is 45.6 Å². The summed E-state index contributed by atoms with van der Waals surface area (Å²) in [7, 11) is 0. The maximum Gasteiger partial charge on any atom is 0.237 e. The number of nitrogens with zero attached hydrogens (tertiary/aromatic N) is 3. The van der Waals surface area contributed by atoms with Gasteiger partial charge in [0.15, 0.2) is 0 Å². The van der Waals surface area contributed by atoms with E-state index >= 15 is 0 Å². The molecule has 3 rings (SSSR count). The molecule has 2 aliphatic heterocycles. The molecule has 1 atom stereocenters. The number of hydrogen-bond donors (Lipinski definition) is 0. The lowest BCUT2D eigenvalue weighted by Crippen LogP contribution is -2.51. The van der Waals surface area contributed by atoms with Gasteiger partial charge in [-0.2, -0.15) is 0 Å². The smallest absolute Gasteiger partial charge is 0.237 e. The Labute approximate surface area is 135 Å². The average Bonchev–Trinajstić information content (AvgIpc) is 3.18. The summed E-state index contributed by atoms with van der Waals surface area (Å²) in [6, 6.07) is 4.46. The first-order valence-electron chi connectivity index (χ1n) is 7.96. The molecule has 0 unspecified atom stereocenters. The van der Waals surface area contributed by atoms with E-state index in [-0.39, 0.29) is 17.9 Å². The lowest BCUT2D eigenvalue weighted by atomic mass is 10.2. The van der Waals surface area contributed by atoms with Gasteiger partial charge in [0, 0.05) is 44.5 Å². The van der Waals surface area contributed by atoms with E-state index in [9.17, 15) is 9.59 Å². The van der Waals surface area contributed by atoms with Crippen molar-refractivity contribution in [3.8, 4) is 0 Å². The molecule has 2 amide bonds. The minimum atomic E-state index is 0.128. The first-order valence-corrected chi connectivity index (χ1v) is 8.84. The molecule has 22 heavy (non-hydrogen) atoms. The van der Waals surface area contributed by atoms with Gasteiger partial charge in [-0.05, 0) is 24.3 Å². The van der Waals surface area contributed by atoms with Crippen molar-refractivity contribution in [1.82, 2.24) is 14.7 Å². The van der Waals surface area contributed by atoms with Crippen LogP contribution in [0.4, 0.5) is 0 Å². The molecule has 6 heteroatoms. The highest BCUT2D eigenvalue weighted by Crippen LogP contribution is 2.34. The van der Waals surface area contributed by atoms with Gasteiger partial charge in [0.05, 0.1) is 12.6 Å². The molecule has 0 saturated carbocycles. The van der Waals surface area contributed by atoms with Crippen molar-refractivity contribution in [3.05, 3.63) is 22.4 Å². The Balaban J connectivity index is 1.55. The summed E-state index contributed by atoms with van der Waals surface area (Å²) in [5.41, 5.74) is 0. The van der Waals surface area contributed by atoms with Crippen LogP contribution in [-0.2, 0) is 9.59 Å². The Morgan fingerprint density at radius 3 is 2.64 bits per heavy atom. The molecule has 2 fully saturated rings. The number of amides is 2. The molecule has 3 heterocycles. The van der Waals surface area contributed by atoms with Crippen LogP contribution >= 0.6 is 11.3 Å². The maximum atomic E-state index is 12.6. The second-order valence-electron chi connectivity index (χ2n) is 6.04. The van der Waals surface area contributed by atoms with Crippen LogP contribution in [0.2, 0.25) is 0 Å². The molecular weight excluding hydrogens is 298 g/mol. The Kier molecular flexibility index (Phi) is 4.78. The largest absolute Gasteiger partial charge is 0.340 e. The van der Waals surface area contributed by atoms with E-state index in [1.165, 1.54) is 4.88 Å². The van der Waals surface area contributed by atoms with Crippen LogP contribution in [0.1, 0.15) is 30.7 Å². The first kappa shape index (κ1) is 15.5. The fourth-order valence-corrected chi connectivity index (χ4v) is 4.22. The predicted molar refractivity (Wildman–Crippen MR) is 86.7 cm³/mol. The first-order chi connectivity index (χ1) is 10.6. The fraction of sp³-hybridized carbons (Fsp3) is 0.625. The van der Waals surface area contributed by atoms with Gasteiger partial charge < -0.3 is 9.80 Å². The second-order valence-corrected chi connectivity index (χ2v) is 7.02. The van der Waals surface area contributed by atoms with E-state index in [1.807, 2.05) is 9.80 Å². The summed E-state index contributed by atoms with van der Waals surface area (Å²) in [6.07, 6.45) is 2.16. The number of carbonyl (C=O) groups is 2. The number of thiophene rings is 1. The Morgan fingerprint density at radius 2 is 2.00 bits per heavy atom. The lowest BCUT2D eigenvalue weighted by molar-refractivity contribution is -0.134. The Morgan fingerprint density at radius 1 is 1.23 bits per heavy atom. The van der Waals surface area contributed by atoms with Gasteiger partial charge in [-0.1, -0.05) is 6.07 Å². The van der Waals surface area contributed by atoms with Gasteiger partial charge in [0.2, 0.25) is 11.8 Å². The van der Waals surface area contributed by atoms with E-state index < -0.39 is 0 Å². The van der Waals surface area contributed by atoms with Crippen molar-refractivity contribution in [2.45, 2.75) is 25.8 Å². The average molecular weight is 321 g/mol. The molecule has 5 nitrogen and oxygen atoms in total. The molecular formula is C16H23N3O2S. The monoisotopic (exact) mass is 321 g/mol. The van der Waals surface area contributed by atoms with Gasteiger partial charge in [-0.15, -0.1) is 11.3 Å². The molecule has 0 aliphatic carbocycles. The van der Waals surface area contributed by atoms with E-state index in [0.29, 0.717) is 6.54 Å². The van der Waals surface area contributed by atoms with Crippen LogP contribution in [0.3, 0.4) is 0 Å². The van der Waals surface area contributed by atoms with Gasteiger partial charge in [0.1, 0.15) is 0 Å². The number of piperazine rings is 1. The van der Waals surface area contributed by atoms with E-state index in [1.54, 1.807) is 18.3 Å². The van der Waals surface area contributed by atoms with Gasteiger partial charge in [0.25, 0.3) is 0 Å². The van der Waals surface area contributed by atoms with Crippen molar-refractivity contribution < 1.29 is 9.59 Å². The predicted octanol–water partition coefficient (Wildman–Crippen LogP) is 1.58. The van der Waals surface area contributed by atoms with Crippen LogP contribution < -0.4 is 0 Å². The second kappa shape index (κ2) is 6.79. The van der Waals surface area contributed by atoms with Crippen LogP contribution in [0.15, 0.2) is 17.5 Å². The summed E-state index contributed by atoms with van der Waals surface area (Å²) in [5, 5.41) is 2.08. The summed E-state index contributed by atoms with van der Waals surface area (Å²) < 4.78 is 0. The highest BCUT2D eigenvalue weighted by atomic mass is 32.1. The molecule has 0 spiro atoms. The number of carbonyl (C=O) groups excluding carboxylic acids is 2. The van der Waals surface area contributed by atoms with Crippen molar-refractivity contribution in [1.29, 1.82) is 0 Å². The molecule has 120 valence electrons. The van der Waals surface area contributed by atoms with Crippen molar-refractivity contribution in [2.24, 2.45) is 0 Å². The summed E-state index contributed by atoms with van der Waals surface area (Å²) in [4.78, 5) is 31.4. The zero-order chi connectivity index (χ0) is 15.5. The lowest BCUT2D eigenvalue weighted by Gasteiger charge is -2.35. The van der Waals surface area contributed by atoms with Crippen LogP contribution in [0.25, 0.3) is 0 Å². The summed E-state index contributed by atoms with van der Waals surface area (Å²) >= 11 is 1.74. The van der Waals surface area contributed by atoms with Gasteiger partial charge >= 0.3 is 0 Å². The quantitative estimate of drug-likeness (QED) is 0.849. The summed E-state index contributed by atoms with van der Waals surface area (Å²) in [5.74, 6) is 0.357. The zero-order valence-corrected chi connectivity index (χ0v) is 13.8. The Bertz CT molecular complexity index is 524. The van der Waals surface area contributed by atoms with Crippen LogP contribution in [0.5, 0.6) is 0 Å². The number of likely N-dealkylation sites (tertiary alicyclic amines) is 1. The molecule has 0 N–H and O–H groups in total. The zero-order valence-electron chi connectivity index (χ0n) is 13.0. The third kappa shape index (κ3) is 3.33. The third-order valence-electron chi connectivity index (χ3n) is 4.62. The highest BCUT2D eigenvalue weighted by Gasteiger charge is 2.31. The van der Waals surface area contributed by atoms with Crippen molar-refractivity contribution in [3.63, 3.8) is 0 Å². The number of hydrogen-bond acceptors (Lipinski definition) is 4. The van der Waals surface area contributed by atoms with Crippen molar-refractivity contribution >= 4 is 23.2 Å². The summed E-state index contributed by atoms with van der Waals surface area (Å²) in [6.45, 7) is 6.01. The molecule has 2 aliphatic rings. The minimum absolute atomic E-state index is 0.128. The maximum absolute atomic E-state index is 12.6. The molecule has 0 radical (unpaired) electrons. The van der Waals surface area contributed by atoms with Crippen LogP contribution in [0, 0.1) is 0 Å².